The Morgan fingerprint density at radius 1 is 1.58 bits per heavy atom. The fourth-order valence-electron chi connectivity index (χ4n) is 1.33. The number of halogens is 1. The molecule has 0 aliphatic rings. The van der Waals surface area contributed by atoms with Gasteiger partial charge in [0.25, 0.3) is 0 Å². The van der Waals surface area contributed by atoms with E-state index in [0.29, 0.717) is 4.90 Å². The van der Waals surface area contributed by atoms with Gasteiger partial charge < -0.3 is 10.4 Å². The minimum absolute atomic E-state index is 0.00699. The van der Waals surface area contributed by atoms with Crippen molar-refractivity contribution in [3.63, 3.8) is 0 Å². The van der Waals surface area contributed by atoms with Crippen molar-refractivity contribution in [3.8, 4) is 6.07 Å². The van der Waals surface area contributed by atoms with Crippen LogP contribution in [0, 0.1) is 17.1 Å². The zero-order valence-electron chi connectivity index (χ0n) is 10.0. The summed E-state index contributed by atoms with van der Waals surface area (Å²) in [5, 5.41) is 20.0. The number of carbonyl (C=O) groups is 2. The summed E-state index contributed by atoms with van der Waals surface area (Å²) in [6.45, 7) is 1.21. The lowest BCUT2D eigenvalue weighted by atomic mass is 10.2. The highest BCUT2D eigenvalue weighted by atomic mass is 32.2. The van der Waals surface area contributed by atoms with Crippen molar-refractivity contribution in [2.75, 3.05) is 5.75 Å². The zero-order chi connectivity index (χ0) is 14.4. The number of thioether (sulfide) groups is 1. The Morgan fingerprint density at radius 3 is 2.79 bits per heavy atom. The van der Waals surface area contributed by atoms with Crippen LogP contribution in [0.25, 0.3) is 0 Å². The molecule has 1 aromatic rings. The van der Waals surface area contributed by atoms with Gasteiger partial charge in [-0.3, -0.25) is 4.79 Å². The molecule has 100 valence electrons. The van der Waals surface area contributed by atoms with Gasteiger partial charge in [0.2, 0.25) is 5.91 Å². The van der Waals surface area contributed by atoms with Crippen molar-refractivity contribution >= 4 is 23.6 Å². The highest BCUT2D eigenvalue weighted by molar-refractivity contribution is 7.99. The summed E-state index contributed by atoms with van der Waals surface area (Å²) in [7, 11) is 0. The molecule has 0 heterocycles. The second-order valence-corrected chi connectivity index (χ2v) is 4.69. The lowest BCUT2D eigenvalue weighted by Crippen LogP contribution is -2.41. The largest absolute Gasteiger partial charge is 0.480 e. The average molecular weight is 282 g/mol. The number of benzene rings is 1. The van der Waals surface area contributed by atoms with Crippen LogP contribution in [-0.2, 0) is 9.59 Å². The second kappa shape index (κ2) is 6.75. The van der Waals surface area contributed by atoms with Crippen molar-refractivity contribution in [1.29, 1.82) is 5.26 Å². The van der Waals surface area contributed by atoms with Crippen molar-refractivity contribution in [3.05, 3.63) is 29.6 Å². The topological polar surface area (TPSA) is 90.2 Å². The number of hydrogen-bond acceptors (Lipinski definition) is 4. The third-order valence-corrected chi connectivity index (χ3v) is 3.32. The number of nitriles is 1. The standard InChI is InChI=1S/C12H11FN2O3S/c1-7(16)15-10(12(17)18)6-19-11-4-2-3-9(13)8(11)5-14/h2-4,10H,6H2,1H3,(H,15,16)(H,17,18)/t10-/m0/s1. The van der Waals surface area contributed by atoms with Gasteiger partial charge in [-0.25, -0.2) is 9.18 Å². The van der Waals surface area contributed by atoms with Crippen LogP contribution in [0.5, 0.6) is 0 Å². The first-order chi connectivity index (χ1) is 8.95. The predicted octanol–water partition coefficient (Wildman–Crippen LogP) is 1.38. The van der Waals surface area contributed by atoms with Gasteiger partial charge in [-0.2, -0.15) is 5.26 Å². The maximum atomic E-state index is 13.3. The van der Waals surface area contributed by atoms with E-state index in [2.05, 4.69) is 5.32 Å². The average Bonchev–Trinajstić information content (AvgIpc) is 2.33. The van der Waals surface area contributed by atoms with Gasteiger partial charge in [0, 0.05) is 17.6 Å². The van der Waals surface area contributed by atoms with Crippen molar-refractivity contribution in [1.82, 2.24) is 5.32 Å². The summed E-state index contributed by atoms with van der Waals surface area (Å²) < 4.78 is 13.3. The summed E-state index contributed by atoms with van der Waals surface area (Å²) in [4.78, 5) is 22.1. The molecular weight excluding hydrogens is 271 g/mol. The van der Waals surface area contributed by atoms with Crippen LogP contribution in [-0.4, -0.2) is 28.8 Å². The first kappa shape index (κ1) is 15.0. The molecule has 2 N–H and O–H groups in total. The van der Waals surface area contributed by atoms with Gasteiger partial charge in [-0.1, -0.05) is 6.07 Å². The number of nitrogens with one attached hydrogen (secondary N) is 1. The van der Waals surface area contributed by atoms with E-state index in [1.807, 2.05) is 0 Å². The fraction of sp³-hybridized carbons (Fsp3) is 0.250. The quantitative estimate of drug-likeness (QED) is 0.796. The van der Waals surface area contributed by atoms with Crippen LogP contribution in [0.1, 0.15) is 12.5 Å². The van der Waals surface area contributed by atoms with E-state index in [0.717, 1.165) is 17.8 Å². The number of nitrogens with zero attached hydrogens (tertiary/aromatic N) is 1. The number of hydrogen-bond donors (Lipinski definition) is 2. The Labute approximate surface area is 113 Å². The number of carbonyl (C=O) groups excluding carboxylic acids is 1. The molecule has 0 saturated heterocycles. The Morgan fingerprint density at radius 2 is 2.26 bits per heavy atom. The molecular formula is C12H11FN2O3S. The van der Waals surface area contributed by atoms with Crippen molar-refractivity contribution in [2.24, 2.45) is 0 Å². The summed E-state index contributed by atoms with van der Waals surface area (Å²) in [6.07, 6.45) is 0. The summed E-state index contributed by atoms with van der Waals surface area (Å²) in [6, 6.07) is 4.76. The summed E-state index contributed by atoms with van der Waals surface area (Å²) in [5.41, 5.74) is -0.125. The number of rotatable bonds is 5. The monoisotopic (exact) mass is 282 g/mol. The number of carboxylic acids is 1. The summed E-state index contributed by atoms with van der Waals surface area (Å²) >= 11 is 1.01. The van der Waals surface area contributed by atoms with Crippen molar-refractivity contribution in [2.45, 2.75) is 17.9 Å². The third-order valence-electron chi connectivity index (χ3n) is 2.17. The maximum absolute atomic E-state index is 13.3. The Bertz CT molecular complexity index is 542. The molecule has 1 atom stereocenters. The summed E-state index contributed by atoms with van der Waals surface area (Å²) in [5.74, 6) is -2.29. The highest BCUT2D eigenvalue weighted by Crippen LogP contribution is 2.24. The van der Waals surface area contributed by atoms with Crippen molar-refractivity contribution < 1.29 is 19.1 Å². The molecule has 0 aliphatic heterocycles. The smallest absolute Gasteiger partial charge is 0.327 e. The predicted molar refractivity (Wildman–Crippen MR) is 67.1 cm³/mol. The lowest BCUT2D eigenvalue weighted by Gasteiger charge is -2.13. The number of amides is 1. The molecule has 7 heteroatoms. The Balaban J connectivity index is 2.80. The highest BCUT2D eigenvalue weighted by Gasteiger charge is 2.19. The van der Waals surface area contributed by atoms with E-state index in [-0.39, 0.29) is 11.3 Å². The first-order valence-electron chi connectivity index (χ1n) is 5.27. The normalized spacial score (nSPS) is 11.4. The minimum Gasteiger partial charge on any atom is -0.480 e. The van der Waals surface area contributed by atoms with Gasteiger partial charge in [-0.15, -0.1) is 11.8 Å². The van der Waals surface area contributed by atoms with Gasteiger partial charge in [0.1, 0.15) is 23.5 Å². The molecule has 1 amide bonds. The minimum atomic E-state index is -1.18. The second-order valence-electron chi connectivity index (χ2n) is 3.63. The van der Waals surface area contributed by atoms with E-state index in [9.17, 15) is 14.0 Å². The van der Waals surface area contributed by atoms with E-state index in [1.54, 1.807) is 6.07 Å². The van der Waals surface area contributed by atoms with Gasteiger partial charge in [0.15, 0.2) is 0 Å². The molecule has 0 unspecified atom stereocenters. The maximum Gasteiger partial charge on any atom is 0.327 e. The molecule has 0 fully saturated rings. The van der Waals surface area contributed by atoms with E-state index in [1.165, 1.54) is 19.1 Å². The first-order valence-corrected chi connectivity index (χ1v) is 6.25. The molecule has 0 saturated carbocycles. The molecule has 0 spiro atoms. The van der Waals surface area contributed by atoms with Crippen LogP contribution in [0.15, 0.2) is 23.1 Å². The molecule has 1 rings (SSSR count). The van der Waals surface area contributed by atoms with Crippen LogP contribution in [0.4, 0.5) is 4.39 Å². The molecule has 0 radical (unpaired) electrons. The van der Waals surface area contributed by atoms with Crippen LogP contribution < -0.4 is 5.32 Å². The lowest BCUT2D eigenvalue weighted by molar-refractivity contribution is -0.140. The molecule has 1 aromatic carbocycles. The molecule has 0 aliphatic carbocycles. The molecule has 5 nitrogen and oxygen atoms in total. The van der Waals surface area contributed by atoms with E-state index < -0.39 is 23.7 Å². The van der Waals surface area contributed by atoms with Gasteiger partial charge >= 0.3 is 5.97 Å². The fourth-order valence-corrected chi connectivity index (χ4v) is 2.36. The molecule has 0 aromatic heterocycles. The van der Waals surface area contributed by atoms with E-state index >= 15 is 0 Å². The van der Waals surface area contributed by atoms with Gasteiger partial charge in [0.05, 0.1) is 0 Å². The molecule has 19 heavy (non-hydrogen) atoms. The molecule has 0 bridgehead atoms. The number of carboxylic acid groups (broad SMARTS) is 1. The van der Waals surface area contributed by atoms with Crippen LogP contribution in [0.2, 0.25) is 0 Å². The number of aliphatic carboxylic acids is 1. The van der Waals surface area contributed by atoms with E-state index in [4.69, 9.17) is 10.4 Å². The Hall–Kier alpha value is -2.07. The third kappa shape index (κ3) is 4.26. The zero-order valence-corrected chi connectivity index (χ0v) is 10.8. The van der Waals surface area contributed by atoms with Gasteiger partial charge in [-0.05, 0) is 12.1 Å². The Kier molecular flexibility index (Phi) is 5.33. The SMILES string of the molecule is CC(=O)N[C@@H](CSc1cccc(F)c1C#N)C(=O)O. The van der Waals surface area contributed by atoms with Crippen LogP contribution >= 0.6 is 11.8 Å². The van der Waals surface area contributed by atoms with Crippen LogP contribution in [0.3, 0.4) is 0 Å².